The molecule has 1 aliphatic rings. The summed E-state index contributed by atoms with van der Waals surface area (Å²) in [6.45, 7) is 16.5. The number of carbonyl (C=O) groups is 2. The minimum absolute atomic E-state index is 0.00776. The quantitative estimate of drug-likeness (QED) is 0.492. The van der Waals surface area contributed by atoms with Crippen LogP contribution < -0.4 is 10.1 Å². The molecule has 0 aromatic heterocycles. The second kappa shape index (κ2) is 10.5. The first-order valence-electron chi connectivity index (χ1n) is 11.6. The van der Waals surface area contributed by atoms with Crippen LogP contribution in [0.2, 0.25) is 0 Å². The highest BCUT2D eigenvalue weighted by atomic mass is 16.5. The van der Waals surface area contributed by atoms with Crippen molar-refractivity contribution in [3.63, 3.8) is 0 Å². The summed E-state index contributed by atoms with van der Waals surface area (Å²) in [7, 11) is 0. The van der Waals surface area contributed by atoms with E-state index in [1.54, 1.807) is 0 Å². The fraction of sp³-hybridized carbons (Fsp3) is 0.680. The van der Waals surface area contributed by atoms with Crippen molar-refractivity contribution in [2.24, 2.45) is 0 Å². The molecule has 1 fully saturated rings. The van der Waals surface area contributed by atoms with Gasteiger partial charge in [-0.3, -0.25) is 9.69 Å². The van der Waals surface area contributed by atoms with Crippen molar-refractivity contribution in [1.82, 2.24) is 10.2 Å². The third-order valence-electron chi connectivity index (χ3n) is 6.60. The molecule has 1 N–H and O–H groups in total. The molecule has 0 saturated carbocycles. The van der Waals surface area contributed by atoms with Crippen LogP contribution in [0.1, 0.15) is 85.3 Å². The van der Waals surface area contributed by atoms with Crippen LogP contribution in [0.25, 0.3) is 0 Å². The highest BCUT2D eigenvalue weighted by Crippen LogP contribution is 2.38. The Labute approximate surface area is 187 Å². The number of rotatable bonds is 11. The molecule has 0 bridgehead atoms. The lowest BCUT2D eigenvalue weighted by atomic mass is 9.76. The van der Waals surface area contributed by atoms with Gasteiger partial charge in [0.2, 0.25) is 5.91 Å². The molecular weight excluding hydrogens is 392 g/mol. The zero-order valence-electron chi connectivity index (χ0n) is 20.3. The van der Waals surface area contributed by atoms with Crippen molar-refractivity contribution in [2.75, 3.05) is 19.8 Å². The van der Waals surface area contributed by atoms with E-state index in [1.807, 2.05) is 6.92 Å². The Hall–Kier alpha value is -2.08. The molecule has 6 heteroatoms. The molecule has 3 amide bonds. The van der Waals surface area contributed by atoms with E-state index in [0.717, 1.165) is 18.6 Å². The summed E-state index contributed by atoms with van der Waals surface area (Å²) in [5.74, 6) is 0.675. The number of urea groups is 1. The van der Waals surface area contributed by atoms with E-state index in [1.165, 1.54) is 16.0 Å². The van der Waals surface area contributed by atoms with Crippen LogP contribution in [-0.2, 0) is 20.4 Å². The molecule has 174 valence electrons. The maximum absolute atomic E-state index is 12.3. The number of carbonyl (C=O) groups excluding carboxylic acids is 2. The third-order valence-corrected chi connectivity index (χ3v) is 6.60. The highest BCUT2D eigenvalue weighted by Gasteiger charge is 2.32. The van der Waals surface area contributed by atoms with Gasteiger partial charge in [0.15, 0.2) is 0 Å². The van der Waals surface area contributed by atoms with E-state index in [2.05, 4.69) is 65.1 Å². The lowest BCUT2D eigenvalue weighted by Crippen LogP contribution is -2.55. The zero-order chi connectivity index (χ0) is 23.2. The number of ether oxygens (including phenoxy) is 2. The predicted molar refractivity (Wildman–Crippen MR) is 123 cm³/mol. The van der Waals surface area contributed by atoms with Crippen molar-refractivity contribution < 1.29 is 19.1 Å². The summed E-state index contributed by atoms with van der Waals surface area (Å²) in [6, 6.07) is 6.13. The summed E-state index contributed by atoms with van der Waals surface area (Å²) < 4.78 is 11.5. The van der Waals surface area contributed by atoms with Crippen LogP contribution >= 0.6 is 0 Å². The van der Waals surface area contributed by atoms with E-state index in [-0.39, 0.29) is 23.2 Å². The molecule has 2 rings (SSSR count). The summed E-state index contributed by atoms with van der Waals surface area (Å²) in [6.07, 6.45) is 2.29. The molecule has 0 aliphatic carbocycles. The first kappa shape index (κ1) is 25.2. The Morgan fingerprint density at radius 1 is 1.06 bits per heavy atom. The van der Waals surface area contributed by atoms with E-state index in [9.17, 15) is 9.59 Å². The molecule has 1 saturated heterocycles. The lowest BCUT2D eigenvalue weighted by Gasteiger charge is -2.31. The number of amides is 3. The smallest absolute Gasteiger partial charge is 0.326 e. The Balaban J connectivity index is 2.03. The number of hydrogen-bond acceptors (Lipinski definition) is 4. The molecule has 1 aromatic rings. The molecule has 1 heterocycles. The first-order valence-corrected chi connectivity index (χ1v) is 11.6. The second-order valence-corrected chi connectivity index (χ2v) is 9.53. The molecule has 1 aromatic carbocycles. The van der Waals surface area contributed by atoms with Crippen LogP contribution in [0.15, 0.2) is 18.2 Å². The average molecular weight is 433 g/mol. The topological polar surface area (TPSA) is 67.9 Å². The number of imide groups is 1. The SMILES string of the molecule is CCOC1CC(=O)N(CCCOc2ccc(C(C)(C)CC)cc2C(C)(C)CC)C(=O)N1. The van der Waals surface area contributed by atoms with Crippen LogP contribution in [0, 0.1) is 0 Å². The van der Waals surface area contributed by atoms with Crippen molar-refractivity contribution >= 4 is 11.9 Å². The molecule has 31 heavy (non-hydrogen) atoms. The number of nitrogens with zero attached hydrogens (tertiary/aromatic N) is 1. The maximum Gasteiger partial charge on any atom is 0.326 e. The summed E-state index contributed by atoms with van der Waals surface area (Å²) in [5, 5.41) is 2.72. The van der Waals surface area contributed by atoms with Crippen LogP contribution in [-0.4, -0.2) is 42.8 Å². The van der Waals surface area contributed by atoms with Crippen LogP contribution in [0.4, 0.5) is 4.79 Å². The summed E-state index contributed by atoms with van der Waals surface area (Å²) >= 11 is 0. The molecule has 6 nitrogen and oxygen atoms in total. The summed E-state index contributed by atoms with van der Waals surface area (Å²) in [4.78, 5) is 25.7. The van der Waals surface area contributed by atoms with E-state index in [0.29, 0.717) is 26.2 Å². The Kier molecular flexibility index (Phi) is 8.52. The molecule has 1 unspecified atom stereocenters. The van der Waals surface area contributed by atoms with Crippen LogP contribution in [0.5, 0.6) is 5.75 Å². The largest absolute Gasteiger partial charge is 0.493 e. The van der Waals surface area contributed by atoms with Crippen molar-refractivity contribution in [3.8, 4) is 5.75 Å². The molecule has 1 aliphatic heterocycles. The van der Waals surface area contributed by atoms with Gasteiger partial charge in [-0.2, -0.15) is 0 Å². The molecule has 0 radical (unpaired) electrons. The van der Waals surface area contributed by atoms with Gasteiger partial charge in [0.05, 0.1) is 13.0 Å². The average Bonchev–Trinajstić information content (AvgIpc) is 2.72. The minimum atomic E-state index is -0.526. The Morgan fingerprint density at radius 2 is 1.74 bits per heavy atom. The number of benzene rings is 1. The van der Waals surface area contributed by atoms with Crippen molar-refractivity contribution in [3.05, 3.63) is 29.3 Å². The van der Waals surface area contributed by atoms with Gasteiger partial charge in [-0.15, -0.1) is 0 Å². The van der Waals surface area contributed by atoms with E-state index in [4.69, 9.17) is 9.47 Å². The Morgan fingerprint density at radius 3 is 2.32 bits per heavy atom. The monoisotopic (exact) mass is 432 g/mol. The Bertz CT molecular complexity index is 755. The second-order valence-electron chi connectivity index (χ2n) is 9.53. The standard InChI is InChI=1S/C25H40N2O4/c1-8-24(4,5)18-12-13-20(19(16-18)25(6,7)9-2)31-15-11-14-27-22(28)17-21(30-10-3)26-23(27)29/h12-13,16,21H,8-11,14-15,17H2,1-7H3,(H,26,29). The lowest BCUT2D eigenvalue weighted by molar-refractivity contribution is -0.134. The van der Waals surface area contributed by atoms with Gasteiger partial charge >= 0.3 is 6.03 Å². The van der Waals surface area contributed by atoms with Gasteiger partial charge in [0.1, 0.15) is 12.0 Å². The maximum atomic E-state index is 12.3. The fourth-order valence-corrected chi connectivity index (χ4v) is 3.58. The van der Waals surface area contributed by atoms with Gasteiger partial charge in [0, 0.05) is 18.7 Å². The van der Waals surface area contributed by atoms with E-state index >= 15 is 0 Å². The highest BCUT2D eigenvalue weighted by molar-refractivity contribution is 5.97. The normalized spacial score (nSPS) is 17.6. The van der Waals surface area contributed by atoms with Gasteiger partial charge in [-0.25, -0.2) is 4.79 Å². The van der Waals surface area contributed by atoms with Crippen LogP contribution in [0.3, 0.4) is 0 Å². The molecular formula is C25H40N2O4. The van der Waals surface area contributed by atoms with E-state index < -0.39 is 12.3 Å². The molecule has 1 atom stereocenters. The van der Waals surface area contributed by atoms with Gasteiger partial charge in [0.25, 0.3) is 0 Å². The predicted octanol–water partition coefficient (Wildman–Crippen LogP) is 5.14. The fourth-order valence-electron chi connectivity index (χ4n) is 3.58. The first-order chi connectivity index (χ1) is 14.6. The van der Waals surface area contributed by atoms with Gasteiger partial charge in [-0.05, 0) is 48.6 Å². The summed E-state index contributed by atoms with van der Waals surface area (Å²) in [5.41, 5.74) is 2.63. The third kappa shape index (κ3) is 6.22. The number of hydrogen-bond donors (Lipinski definition) is 1. The van der Waals surface area contributed by atoms with Crippen molar-refractivity contribution in [2.45, 2.75) is 91.2 Å². The zero-order valence-corrected chi connectivity index (χ0v) is 20.3. The van der Waals surface area contributed by atoms with Gasteiger partial charge < -0.3 is 14.8 Å². The number of nitrogens with one attached hydrogen (secondary N) is 1. The molecule has 0 spiro atoms. The minimum Gasteiger partial charge on any atom is -0.493 e. The van der Waals surface area contributed by atoms with Crippen molar-refractivity contribution in [1.29, 1.82) is 0 Å². The van der Waals surface area contributed by atoms with Gasteiger partial charge in [-0.1, -0.05) is 53.7 Å².